The van der Waals surface area contributed by atoms with Crippen LogP contribution in [0.25, 0.3) is 0 Å². The van der Waals surface area contributed by atoms with Crippen LogP contribution >= 0.6 is 0 Å². The second kappa shape index (κ2) is 5.65. The number of hydrogen-bond donors (Lipinski definition) is 2. The molecule has 21 heavy (non-hydrogen) atoms. The lowest BCUT2D eigenvalue weighted by molar-refractivity contribution is 0.444. The molecule has 0 saturated carbocycles. The van der Waals surface area contributed by atoms with Crippen LogP contribution in [0.15, 0.2) is 24.3 Å². The first-order chi connectivity index (χ1) is 9.79. The van der Waals surface area contributed by atoms with Crippen molar-refractivity contribution in [2.24, 2.45) is 5.84 Å². The Morgan fingerprint density at radius 2 is 1.90 bits per heavy atom. The maximum Gasteiger partial charge on any atom is 0.224 e. The van der Waals surface area contributed by atoms with E-state index in [9.17, 15) is 4.39 Å². The normalized spacial score (nSPS) is 11.3. The highest BCUT2D eigenvalue weighted by Gasteiger charge is 2.19. The standard InChI is InChI=1S/C15H19FN4O/c1-9-7-10(5-6-11(9)16)21-13-8-12(20-17)18-14(19-13)15(2,3)4/h5-8H,17H2,1-4H3,(H,18,19,20). The predicted octanol–water partition coefficient (Wildman–Crippen LogP) is 3.30. The van der Waals surface area contributed by atoms with Gasteiger partial charge in [-0.25, -0.2) is 15.2 Å². The Kier molecular flexibility index (Phi) is 4.09. The fraction of sp³-hybridized carbons (Fsp3) is 0.333. The minimum atomic E-state index is -0.273. The van der Waals surface area contributed by atoms with Crippen LogP contribution in [0.3, 0.4) is 0 Å². The van der Waals surface area contributed by atoms with Crippen molar-refractivity contribution in [1.82, 2.24) is 9.97 Å². The van der Waals surface area contributed by atoms with Gasteiger partial charge in [-0.05, 0) is 30.7 Å². The second-order valence-corrected chi connectivity index (χ2v) is 5.82. The van der Waals surface area contributed by atoms with Gasteiger partial charge >= 0.3 is 0 Å². The molecule has 0 bridgehead atoms. The Morgan fingerprint density at radius 1 is 1.19 bits per heavy atom. The molecule has 2 aromatic rings. The second-order valence-electron chi connectivity index (χ2n) is 5.82. The number of aryl methyl sites for hydroxylation is 1. The number of anilines is 1. The number of ether oxygens (including phenoxy) is 1. The molecule has 5 nitrogen and oxygen atoms in total. The van der Waals surface area contributed by atoms with E-state index in [4.69, 9.17) is 10.6 Å². The molecule has 0 unspecified atom stereocenters. The van der Waals surface area contributed by atoms with Crippen LogP contribution < -0.4 is 16.0 Å². The summed E-state index contributed by atoms with van der Waals surface area (Å²) < 4.78 is 18.9. The Balaban J connectivity index is 2.36. The third-order valence-corrected chi connectivity index (χ3v) is 2.87. The van der Waals surface area contributed by atoms with Gasteiger partial charge in [-0.15, -0.1) is 0 Å². The summed E-state index contributed by atoms with van der Waals surface area (Å²) in [6.07, 6.45) is 0. The van der Waals surface area contributed by atoms with Crippen molar-refractivity contribution in [2.75, 3.05) is 5.43 Å². The summed E-state index contributed by atoms with van der Waals surface area (Å²) in [5.41, 5.74) is 2.76. The third kappa shape index (κ3) is 3.66. The van der Waals surface area contributed by atoms with Crippen molar-refractivity contribution < 1.29 is 9.13 Å². The van der Waals surface area contributed by atoms with Gasteiger partial charge in [0.15, 0.2) is 0 Å². The van der Waals surface area contributed by atoms with Crippen molar-refractivity contribution in [3.63, 3.8) is 0 Å². The molecule has 0 aliphatic rings. The third-order valence-electron chi connectivity index (χ3n) is 2.87. The fourth-order valence-electron chi connectivity index (χ4n) is 1.69. The summed E-state index contributed by atoms with van der Waals surface area (Å²) in [4.78, 5) is 8.69. The van der Waals surface area contributed by atoms with E-state index >= 15 is 0 Å². The number of nitrogens with two attached hydrogens (primary N) is 1. The quantitative estimate of drug-likeness (QED) is 0.670. The Hall–Kier alpha value is -2.21. The van der Waals surface area contributed by atoms with Gasteiger partial charge in [-0.2, -0.15) is 4.98 Å². The number of hydrazine groups is 1. The largest absolute Gasteiger partial charge is 0.439 e. The summed E-state index contributed by atoms with van der Waals surface area (Å²) >= 11 is 0. The molecule has 1 aromatic heterocycles. The molecule has 0 amide bonds. The van der Waals surface area contributed by atoms with E-state index in [0.29, 0.717) is 28.8 Å². The first-order valence-electron chi connectivity index (χ1n) is 6.60. The summed E-state index contributed by atoms with van der Waals surface area (Å²) in [5.74, 6) is 7.08. The first kappa shape index (κ1) is 15.2. The molecule has 1 heterocycles. The van der Waals surface area contributed by atoms with E-state index in [-0.39, 0.29) is 11.2 Å². The first-order valence-corrected chi connectivity index (χ1v) is 6.60. The Bertz CT molecular complexity index is 653. The van der Waals surface area contributed by atoms with Crippen LogP contribution in [-0.2, 0) is 5.41 Å². The van der Waals surface area contributed by atoms with Crippen LogP contribution in [0.5, 0.6) is 11.6 Å². The molecule has 6 heteroatoms. The topological polar surface area (TPSA) is 73.1 Å². The minimum absolute atomic E-state index is 0.246. The van der Waals surface area contributed by atoms with Crippen LogP contribution in [-0.4, -0.2) is 9.97 Å². The lowest BCUT2D eigenvalue weighted by Gasteiger charge is -2.18. The number of rotatable bonds is 3. The molecule has 0 aliphatic heterocycles. The van der Waals surface area contributed by atoms with Crippen LogP contribution in [0.1, 0.15) is 32.2 Å². The summed E-state index contributed by atoms with van der Waals surface area (Å²) in [6, 6.07) is 6.12. The van der Waals surface area contributed by atoms with E-state index < -0.39 is 0 Å². The number of hydrogen-bond acceptors (Lipinski definition) is 5. The fourth-order valence-corrected chi connectivity index (χ4v) is 1.69. The molecule has 0 spiro atoms. The molecular weight excluding hydrogens is 271 g/mol. The molecule has 3 N–H and O–H groups in total. The molecule has 0 saturated heterocycles. The highest BCUT2D eigenvalue weighted by Crippen LogP contribution is 2.27. The van der Waals surface area contributed by atoms with Crippen molar-refractivity contribution in [2.45, 2.75) is 33.1 Å². The molecule has 0 atom stereocenters. The van der Waals surface area contributed by atoms with Crippen molar-refractivity contribution in [3.8, 4) is 11.6 Å². The maximum absolute atomic E-state index is 13.3. The summed E-state index contributed by atoms with van der Waals surface area (Å²) in [7, 11) is 0. The Labute approximate surface area is 123 Å². The predicted molar refractivity (Wildman–Crippen MR) is 79.8 cm³/mol. The number of halogens is 1. The zero-order chi connectivity index (χ0) is 15.6. The van der Waals surface area contributed by atoms with Gasteiger partial charge < -0.3 is 10.2 Å². The van der Waals surface area contributed by atoms with Crippen LogP contribution in [0.2, 0.25) is 0 Å². The molecule has 0 fully saturated rings. The van der Waals surface area contributed by atoms with E-state index in [0.717, 1.165) is 0 Å². The van der Waals surface area contributed by atoms with Gasteiger partial charge in [0.25, 0.3) is 0 Å². The van der Waals surface area contributed by atoms with Crippen molar-refractivity contribution >= 4 is 5.82 Å². The number of nitrogens with zero attached hydrogens (tertiary/aromatic N) is 2. The average molecular weight is 290 g/mol. The molecule has 0 radical (unpaired) electrons. The number of nitrogen functional groups attached to an aromatic ring is 1. The molecular formula is C15H19FN4O. The zero-order valence-electron chi connectivity index (χ0n) is 12.6. The monoisotopic (exact) mass is 290 g/mol. The number of aromatic nitrogens is 2. The van der Waals surface area contributed by atoms with Gasteiger partial charge in [-0.3, -0.25) is 0 Å². The Morgan fingerprint density at radius 3 is 2.48 bits per heavy atom. The van der Waals surface area contributed by atoms with E-state index in [1.54, 1.807) is 25.1 Å². The SMILES string of the molecule is Cc1cc(Oc2cc(NN)nc(C(C)(C)C)n2)ccc1F. The lowest BCUT2D eigenvalue weighted by Crippen LogP contribution is -2.19. The van der Waals surface area contributed by atoms with Gasteiger partial charge in [0, 0.05) is 11.5 Å². The summed E-state index contributed by atoms with van der Waals surface area (Å²) in [6.45, 7) is 7.66. The molecule has 2 rings (SSSR count). The van der Waals surface area contributed by atoms with E-state index in [2.05, 4.69) is 15.4 Å². The molecule has 112 valence electrons. The summed E-state index contributed by atoms with van der Waals surface area (Å²) in [5, 5.41) is 0. The maximum atomic E-state index is 13.3. The minimum Gasteiger partial charge on any atom is -0.439 e. The van der Waals surface area contributed by atoms with E-state index in [1.807, 2.05) is 20.8 Å². The molecule has 1 aromatic carbocycles. The van der Waals surface area contributed by atoms with Crippen LogP contribution in [0.4, 0.5) is 10.2 Å². The highest BCUT2D eigenvalue weighted by atomic mass is 19.1. The van der Waals surface area contributed by atoms with Gasteiger partial charge in [-0.1, -0.05) is 20.8 Å². The van der Waals surface area contributed by atoms with E-state index in [1.165, 1.54) is 6.07 Å². The average Bonchev–Trinajstić information content (AvgIpc) is 2.41. The smallest absolute Gasteiger partial charge is 0.224 e. The highest BCUT2D eigenvalue weighted by molar-refractivity contribution is 5.40. The number of nitrogens with one attached hydrogen (secondary N) is 1. The van der Waals surface area contributed by atoms with Gasteiger partial charge in [0.2, 0.25) is 5.88 Å². The van der Waals surface area contributed by atoms with Gasteiger partial charge in [0.05, 0.1) is 0 Å². The van der Waals surface area contributed by atoms with Crippen molar-refractivity contribution in [3.05, 3.63) is 41.5 Å². The number of benzene rings is 1. The lowest BCUT2D eigenvalue weighted by atomic mass is 9.96. The van der Waals surface area contributed by atoms with Crippen LogP contribution in [0, 0.1) is 12.7 Å². The molecule has 0 aliphatic carbocycles. The zero-order valence-corrected chi connectivity index (χ0v) is 12.6. The van der Waals surface area contributed by atoms with Crippen molar-refractivity contribution in [1.29, 1.82) is 0 Å². The van der Waals surface area contributed by atoms with Gasteiger partial charge in [0.1, 0.15) is 23.2 Å².